The topological polar surface area (TPSA) is 75.3 Å². The van der Waals surface area contributed by atoms with Gasteiger partial charge in [0.15, 0.2) is 0 Å². The number of rotatable bonds is 7. The molecule has 24 heavy (non-hydrogen) atoms. The summed E-state index contributed by atoms with van der Waals surface area (Å²) in [6, 6.07) is 13.5. The Morgan fingerprint density at radius 3 is 2.54 bits per heavy atom. The summed E-state index contributed by atoms with van der Waals surface area (Å²) in [5.74, 6) is -0.338. The first kappa shape index (κ1) is 18.2. The highest BCUT2D eigenvalue weighted by molar-refractivity contribution is 7.89. The van der Waals surface area contributed by atoms with Crippen molar-refractivity contribution in [2.45, 2.75) is 31.6 Å². The van der Waals surface area contributed by atoms with Crippen LogP contribution in [-0.2, 0) is 10.0 Å². The van der Waals surface area contributed by atoms with Gasteiger partial charge < -0.3 is 5.32 Å². The summed E-state index contributed by atoms with van der Waals surface area (Å²) in [7, 11) is -3.60. The molecule has 0 spiro atoms. The Kier molecular flexibility index (Phi) is 6.11. The predicted molar refractivity (Wildman–Crippen MR) is 95.7 cm³/mol. The fraction of sp³-hybridized carbons (Fsp3) is 0.278. The molecule has 0 radical (unpaired) electrons. The average molecular weight is 346 g/mol. The van der Waals surface area contributed by atoms with Crippen molar-refractivity contribution < 1.29 is 13.2 Å². The standard InChI is InChI=1S/C18H22N2O3S/c1-3-4-12-19-24(22,23)16-10-7-9-15(13-16)18(21)20-17-11-6-5-8-14(17)2/h5-11,13,19H,3-4,12H2,1-2H3,(H,20,21). The summed E-state index contributed by atoms with van der Waals surface area (Å²) >= 11 is 0. The number of carbonyl (C=O) groups is 1. The van der Waals surface area contributed by atoms with Crippen LogP contribution in [0.25, 0.3) is 0 Å². The first-order chi connectivity index (χ1) is 11.4. The van der Waals surface area contributed by atoms with Crippen LogP contribution in [0.4, 0.5) is 5.69 Å². The number of hydrogen-bond acceptors (Lipinski definition) is 3. The fourth-order valence-electron chi connectivity index (χ4n) is 2.18. The summed E-state index contributed by atoms with van der Waals surface area (Å²) in [5.41, 5.74) is 1.95. The third kappa shape index (κ3) is 4.66. The molecule has 2 aromatic carbocycles. The molecule has 2 N–H and O–H groups in total. The lowest BCUT2D eigenvalue weighted by atomic mass is 10.1. The van der Waals surface area contributed by atoms with Crippen molar-refractivity contribution in [2.24, 2.45) is 0 Å². The highest BCUT2D eigenvalue weighted by Gasteiger charge is 2.16. The largest absolute Gasteiger partial charge is 0.322 e. The Labute approximate surface area is 143 Å². The van der Waals surface area contributed by atoms with Gasteiger partial charge >= 0.3 is 0 Å². The molecule has 2 rings (SSSR count). The molecule has 0 aromatic heterocycles. The van der Waals surface area contributed by atoms with Gasteiger partial charge in [-0.15, -0.1) is 0 Å². The number of unbranched alkanes of at least 4 members (excludes halogenated alkanes) is 1. The van der Waals surface area contributed by atoms with E-state index >= 15 is 0 Å². The number of anilines is 1. The second kappa shape index (κ2) is 8.08. The molecule has 0 aliphatic carbocycles. The lowest BCUT2D eigenvalue weighted by Crippen LogP contribution is -2.25. The van der Waals surface area contributed by atoms with Crippen LogP contribution in [0.2, 0.25) is 0 Å². The molecule has 0 unspecified atom stereocenters. The number of nitrogens with one attached hydrogen (secondary N) is 2. The number of amides is 1. The lowest BCUT2D eigenvalue weighted by Gasteiger charge is -2.10. The minimum absolute atomic E-state index is 0.0936. The van der Waals surface area contributed by atoms with E-state index in [4.69, 9.17) is 0 Å². The minimum Gasteiger partial charge on any atom is -0.322 e. The van der Waals surface area contributed by atoms with Crippen LogP contribution in [0, 0.1) is 6.92 Å². The van der Waals surface area contributed by atoms with E-state index in [1.165, 1.54) is 12.1 Å². The van der Waals surface area contributed by atoms with Gasteiger partial charge in [0.2, 0.25) is 10.0 Å². The molecule has 5 nitrogen and oxygen atoms in total. The first-order valence-electron chi connectivity index (χ1n) is 7.91. The van der Waals surface area contributed by atoms with E-state index in [1.807, 2.05) is 32.0 Å². The minimum atomic E-state index is -3.60. The monoisotopic (exact) mass is 346 g/mol. The molecule has 0 saturated carbocycles. The van der Waals surface area contributed by atoms with E-state index in [2.05, 4.69) is 10.0 Å². The van der Waals surface area contributed by atoms with Crippen LogP contribution in [0.3, 0.4) is 0 Å². The van der Waals surface area contributed by atoms with Gasteiger partial charge in [-0.25, -0.2) is 13.1 Å². The van der Waals surface area contributed by atoms with Crippen LogP contribution < -0.4 is 10.0 Å². The van der Waals surface area contributed by atoms with Crippen molar-refractivity contribution >= 4 is 21.6 Å². The third-order valence-electron chi connectivity index (χ3n) is 3.62. The van der Waals surface area contributed by atoms with Gasteiger partial charge in [0.05, 0.1) is 4.90 Å². The van der Waals surface area contributed by atoms with Gasteiger partial charge in [-0.2, -0.15) is 0 Å². The van der Waals surface area contributed by atoms with Crippen molar-refractivity contribution in [1.29, 1.82) is 0 Å². The molecular formula is C18H22N2O3S. The van der Waals surface area contributed by atoms with Crippen LogP contribution in [0.15, 0.2) is 53.4 Å². The molecule has 0 saturated heterocycles. The van der Waals surface area contributed by atoms with Gasteiger partial charge in [-0.3, -0.25) is 4.79 Å². The Morgan fingerprint density at radius 1 is 1.08 bits per heavy atom. The van der Waals surface area contributed by atoms with Crippen molar-refractivity contribution in [2.75, 3.05) is 11.9 Å². The van der Waals surface area contributed by atoms with Crippen LogP contribution in [0.5, 0.6) is 0 Å². The SMILES string of the molecule is CCCCNS(=O)(=O)c1cccc(C(=O)Nc2ccccc2C)c1. The van der Waals surface area contributed by atoms with Crippen molar-refractivity contribution in [1.82, 2.24) is 4.72 Å². The van der Waals surface area contributed by atoms with E-state index in [0.717, 1.165) is 18.4 Å². The molecule has 2 aromatic rings. The van der Waals surface area contributed by atoms with E-state index in [0.29, 0.717) is 17.8 Å². The Hall–Kier alpha value is -2.18. The molecule has 0 bridgehead atoms. The normalized spacial score (nSPS) is 11.2. The number of benzene rings is 2. The number of sulfonamides is 1. The van der Waals surface area contributed by atoms with Crippen LogP contribution >= 0.6 is 0 Å². The maximum absolute atomic E-state index is 12.4. The zero-order valence-electron chi connectivity index (χ0n) is 13.9. The van der Waals surface area contributed by atoms with E-state index in [9.17, 15) is 13.2 Å². The van der Waals surface area contributed by atoms with Crippen molar-refractivity contribution in [3.63, 3.8) is 0 Å². The van der Waals surface area contributed by atoms with E-state index in [1.54, 1.807) is 18.2 Å². The van der Waals surface area contributed by atoms with E-state index < -0.39 is 10.0 Å². The molecule has 0 fully saturated rings. The summed E-state index contributed by atoms with van der Waals surface area (Å²) in [6.45, 7) is 4.28. The van der Waals surface area contributed by atoms with Crippen molar-refractivity contribution in [3.05, 3.63) is 59.7 Å². The lowest BCUT2D eigenvalue weighted by molar-refractivity contribution is 0.102. The maximum atomic E-state index is 12.4. The summed E-state index contributed by atoms with van der Waals surface area (Å²) < 4.78 is 27.0. The second-order valence-electron chi connectivity index (χ2n) is 5.55. The number of hydrogen-bond donors (Lipinski definition) is 2. The molecule has 1 amide bonds. The third-order valence-corrected chi connectivity index (χ3v) is 5.08. The zero-order valence-corrected chi connectivity index (χ0v) is 14.7. The molecule has 6 heteroatoms. The number of aryl methyl sites for hydroxylation is 1. The average Bonchev–Trinajstić information content (AvgIpc) is 2.57. The number of carbonyl (C=O) groups excluding carboxylic acids is 1. The molecule has 0 atom stereocenters. The van der Waals surface area contributed by atoms with E-state index in [-0.39, 0.29) is 10.8 Å². The second-order valence-corrected chi connectivity index (χ2v) is 7.32. The molecule has 0 aliphatic rings. The molecule has 0 heterocycles. The van der Waals surface area contributed by atoms with Gasteiger partial charge in [0.1, 0.15) is 0 Å². The van der Waals surface area contributed by atoms with Gasteiger partial charge in [0, 0.05) is 17.8 Å². The quantitative estimate of drug-likeness (QED) is 0.755. The predicted octanol–water partition coefficient (Wildman–Crippen LogP) is 3.33. The molecule has 128 valence electrons. The summed E-state index contributed by atoms with van der Waals surface area (Å²) in [5, 5.41) is 2.80. The Bertz CT molecular complexity index is 817. The van der Waals surface area contributed by atoms with Crippen LogP contribution in [0.1, 0.15) is 35.7 Å². The maximum Gasteiger partial charge on any atom is 0.255 e. The van der Waals surface area contributed by atoms with Crippen molar-refractivity contribution in [3.8, 4) is 0 Å². The van der Waals surface area contributed by atoms with Gasteiger partial charge in [0.25, 0.3) is 5.91 Å². The fourth-order valence-corrected chi connectivity index (χ4v) is 3.30. The Morgan fingerprint density at radius 2 is 1.83 bits per heavy atom. The molecular weight excluding hydrogens is 324 g/mol. The Balaban J connectivity index is 2.18. The highest BCUT2D eigenvalue weighted by Crippen LogP contribution is 2.16. The first-order valence-corrected chi connectivity index (χ1v) is 9.39. The summed E-state index contributed by atoms with van der Waals surface area (Å²) in [4.78, 5) is 12.5. The summed E-state index contributed by atoms with van der Waals surface area (Å²) in [6.07, 6.45) is 1.67. The highest BCUT2D eigenvalue weighted by atomic mass is 32.2. The van der Waals surface area contributed by atoms with Gasteiger partial charge in [-0.05, 0) is 43.2 Å². The smallest absolute Gasteiger partial charge is 0.255 e. The molecule has 0 aliphatic heterocycles. The van der Waals surface area contributed by atoms with Gasteiger partial charge in [-0.1, -0.05) is 37.6 Å². The number of para-hydroxylation sites is 1. The zero-order chi connectivity index (χ0) is 17.6. The van der Waals surface area contributed by atoms with Crippen LogP contribution in [-0.4, -0.2) is 20.9 Å².